The first-order valence-electron chi connectivity index (χ1n) is 5.94. The molecule has 102 valence electrons. The van der Waals surface area contributed by atoms with Gasteiger partial charge in [-0.25, -0.2) is 4.79 Å². The summed E-state index contributed by atoms with van der Waals surface area (Å²) in [6.45, 7) is 7.14. The lowest BCUT2D eigenvalue weighted by Crippen LogP contribution is -1.94. The topological polar surface area (TPSA) is 57.5 Å². The van der Waals surface area contributed by atoms with Crippen LogP contribution in [0.5, 0.6) is 5.75 Å². The van der Waals surface area contributed by atoms with Gasteiger partial charge in [-0.05, 0) is 35.4 Å². The predicted molar refractivity (Wildman–Crippen MR) is 81.7 cm³/mol. The number of phenols is 1. The number of hydrogen-bond donors (Lipinski definition) is 2. The first-order valence-corrected chi connectivity index (χ1v) is 5.94. The zero-order valence-electron chi connectivity index (χ0n) is 11.0. The Kier molecular flexibility index (Phi) is 5.78. The van der Waals surface area contributed by atoms with Gasteiger partial charge < -0.3 is 10.2 Å². The Morgan fingerprint density at radius 1 is 0.850 bits per heavy atom. The summed E-state index contributed by atoms with van der Waals surface area (Å²) in [5, 5.41) is 17.3. The molecule has 20 heavy (non-hydrogen) atoms. The largest absolute Gasteiger partial charge is 0.508 e. The molecule has 3 nitrogen and oxygen atoms in total. The average molecular weight is 268 g/mol. The van der Waals surface area contributed by atoms with Crippen LogP contribution in [-0.2, 0) is 0 Å². The fourth-order valence-corrected chi connectivity index (χ4v) is 1.37. The molecule has 0 aliphatic rings. The van der Waals surface area contributed by atoms with E-state index in [9.17, 15) is 4.79 Å². The molecule has 2 aromatic carbocycles. The number of rotatable bonds is 3. The molecule has 2 rings (SSSR count). The fraction of sp³-hybridized carbons (Fsp3) is 0. The predicted octanol–water partition coefficient (Wildman–Crippen LogP) is 4.06. The van der Waals surface area contributed by atoms with E-state index in [2.05, 4.69) is 13.2 Å². The van der Waals surface area contributed by atoms with Crippen molar-refractivity contribution in [2.45, 2.75) is 0 Å². The summed E-state index contributed by atoms with van der Waals surface area (Å²) in [7, 11) is 0. The van der Waals surface area contributed by atoms with Crippen LogP contribution in [0.25, 0.3) is 12.2 Å². The highest BCUT2D eigenvalue weighted by Crippen LogP contribution is 2.09. The van der Waals surface area contributed by atoms with Crippen molar-refractivity contribution in [2.24, 2.45) is 0 Å². The molecule has 0 bridgehead atoms. The minimum atomic E-state index is -0.902. The maximum atomic E-state index is 10.4. The third-order valence-corrected chi connectivity index (χ3v) is 2.52. The first-order chi connectivity index (χ1) is 9.56. The third kappa shape index (κ3) is 4.82. The number of carboxylic acid groups (broad SMARTS) is 1. The van der Waals surface area contributed by atoms with E-state index < -0.39 is 5.97 Å². The molecule has 0 fully saturated rings. The molecule has 0 saturated heterocycles. The Balaban J connectivity index is 0.000000204. The van der Waals surface area contributed by atoms with Crippen molar-refractivity contribution in [3.8, 4) is 5.75 Å². The highest BCUT2D eigenvalue weighted by atomic mass is 16.4. The van der Waals surface area contributed by atoms with Crippen LogP contribution in [0.3, 0.4) is 0 Å². The lowest BCUT2D eigenvalue weighted by molar-refractivity contribution is 0.0697. The van der Waals surface area contributed by atoms with Crippen LogP contribution in [0, 0.1) is 0 Å². The summed E-state index contributed by atoms with van der Waals surface area (Å²) >= 11 is 0. The van der Waals surface area contributed by atoms with Crippen LogP contribution < -0.4 is 0 Å². The van der Waals surface area contributed by atoms with Gasteiger partial charge in [0.15, 0.2) is 0 Å². The molecular formula is C17H16O3. The summed E-state index contributed by atoms with van der Waals surface area (Å²) in [4.78, 5) is 10.4. The van der Waals surface area contributed by atoms with Crippen molar-refractivity contribution in [3.63, 3.8) is 0 Å². The second kappa shape index (κ2) is 7.59. The van der Waals surface area contributed by atoms with Gasteiger partial charge in [0.25, 0.3) is 0 Å². The van der Waals surface area contributed by atoms with Crippen molar-refractivity contribution in [3.05, 3.63) is 78.4 Å². The summed E-state index contributed by atoms with van der Waals surface area (Å²) in [5.74, 6) is -0.610. The highest BCUT2D eigenvalue weighted by molar-refractivity contribution is 5.87. The number of aromatic hydroxyl groups is 1. The Labute approximate surface area is 118 Å². The lowest BCUT2D eigenvalue weighted by Gasteiger charge is -1.93. The molecule has 3 heteroatoms. The van der Waals surface area contributed by atoms with Gasteiger partial charge in [-0.15, -0.1) is 0 Å². The van der Waals surface area contributed by atoms with E-state index in [1.807, 2.05) is 12.1 Å². The molecule has 0 spiro atoms. The van der Waals surface area contributed by atoms with E-state index in [0.29, 0.717) is 11.3 Å². The molecular weight excluding hydrogens is 252 g/mol. The summed E-state index contributed by atoms with van der Waals surface area (Å²) in [6, 6.07) is 13.4. The monoisotopic (exact) mass is 268 g/mol. The molecule has 2 N–H and O–H groups in total. The molecule has 0 amide bonds. The van der Waals surface area contributed by atoms with Crippen LogP contribution >= 0.6 is 0 Å². The second-order valence-electron chi connectivity index (χ2n) is 3.93. The van der Waals surface area contributed by atoms with Crippen LogP contribution in [0.4, 0.5) is 0 Å². The summed E-state index contributed by atoms with van der Waals surface area (Å²) in [6.07, 6.45) is 3.41. The Bertz CT molecular complexity index is 581. The van der Waals surface area contributed by atoms with Crippen LogP contribution in [-0.4, -0.2) is 16.2 Å². The number of carbonyl (C=O) groups is 1. The lowest BCUT2D eigenvalue weighted by atomic mass is 10.1. The summed E-state index contributed by atoms with van der Waals surface area (Å²) < 4.78 is 0. The maximum Gasteiger partial charge on any atom is 0.335 e. The normalized spacial score (nSPS) is 9.00. The van der Waals surface area contributed by atoms with Gasteiger partial charge in [0.05, 0.1) is 5.56 Å². The van der Waals surface area contributed by atoms with E-state index in [0.717, 1.165) is 11.1 Å². The maximum absolute atomic E-state index is 10.4. The Morgan fingerprint density at radius 2 is 1.25 bits per heavy atom. The fourth-order valence-electron chi connectivity index (χ4n) is 1.37. The van der Waals surface area contributed by atoms with E-state index in [1.165, 1.54) is 0 Å². The molecule has 0 aliphatic heterocycles. The van der Waals surface area contributed by atoms with Gasteiger partial charge >= 0.3 is 5.97 Å². The highest BCUT2D eigenvalue weighted by Gasteiger charge is 1.99. The number of aromatic carboxylic acids is 1. The van der Waals surface area contributed by atoms with Gasteiger partial charge in [0, 0.05) is 0 Å². The van der Waals surface area contributed by atoms with Gasteiger partial charge in [-0.2, -0.15) is 0 Å². The van der Waals surface area contributed by atoms with Crippen LogP contribution in [0.1, 0.15) is 21.5 Å². The molecule has 0 saturated carbocycles. The molecule has 2 aromatic rings. The van der Waals surface area contributed by atoms with E-state index in [1.54, 1.807) is 48.6 Å². The van der Waals surface area contributed by atoms with Crippen LogP contribution in [0.15, 0.2) is 61.7 Å². The van der Waals surface area contributed by atoms with E-state index in [-0.39, 0.29) is 0 Å². The number of phenolic OH excluding ortho intramolecular Hbond substituents is 1. The van der Waals surface area contributed by atoms with Gasteiger partial charge in [0.1, 0.15) is 5.75 Å². The number of hydrogen-bond acceptors (Lipinski definition) is 2. The second-order valence-corrected chi connectivity index (χ2v) is 3.93. The molecule has 0 radical (unpaired) electrons. The van der Waals surface area contributed by atoms with Crippen molar-refractivity contribution in [1.82, 2.24) is 0 Å². The Hall–Kier alpha value is -2.81. The van der Waals surface area contributed by atoms with Gasteiger partial charge in [-0.3, -0.25) is 0 Å². The van der Waals surface area contributed by atoms with Crippen LogP contribution in [0.2, 0.25) is 0 Å². The molecule has 0 unspecified atom stereocenters. The van der Waals surface area contributed by atoms with Crippen molar-refractivity contribution in [2.75, 3.05) is 0 Å². The summed E-state index contributed by atoms with van der Waals surface area (Å²) in [5.41, 5.74) is 2.25. The number of carboxylic acids is 1. The van der Waals surface area contributed by atoms with Crippen molar-refractivity contribution in [1.29, 1.82) is 0 Å². The zero-order chi connectivity index (χ0) is 15.0. The van der Waals surface area contributed by atoms with E-state index >= 15 is 0 Å². The van der Waals surface area contributed by atoms with Gasteiger partial charge in [0.2, 0.25) is 0 Å². The van der Waals surface area contributed by atoms with Crippen molar-refractivity contribution < 1.29 is 15.0 Å². The van der Waals surface area contributed by atoms with Gasteiger partial charge in [-0.1, -0.05) is 49.6 Å². The molecule has 0 heterocycles. The zero-order valence-corrected chi connectivity index (χ0v) is 11.0. The molecule has 0 aliphatic carbocycles. The smallest absolute Gasteiger partial charge is 0.335 e. The Morgan fingerprint density at radius 3 is 1.60 bits per heavy atom. The van der Waals surface area contributed by atoms with E-state index in [4.69, 9.17) is 10.2 Å². The first kappa shape index (κ1) is 15.2. The van der Waals surface area contributed by atoms with Crippen molar-refractivity contribution >= 4 is 18.1 Å². The molecule has 0 aromatic heterocycles. The SMILES string of the molecule is C=Cc1ccc(C(=O)O)cc1.C=Cc1ccc(O)cc1. The average Bonchev–Trinajstić information content (AvgIpc) is 2.49. The standard InChI is InChI=1S/C9H8O2.C8H8O/c1-2-7-3-5-8(6-4-7)9(10)11;1-2-7-3-5-8(9)6-4-7/h2-6H,1H2,(H,10,11);2-6,9H,1H2. The minimum Gasteiger partial charge on any atom is -0.508 e. The quantitative estimate of drug-likeness (QED) is 0.882. The third-order valence-electron chi connectivity index (χ3n) is 2.52. The minimum absolute atomic E-state index is 0.292. The molecule has 0 atom stereocenters. The number of benzene rings is 2.